The van der Waals surface area contributed by atoms with Crippen LogP contribution in [0.2, 0.25) is 0 Å². The molecule has 0 aliphatic heterocycles. The molecule has 0 heteroatoms. The molecule has 0 spiro atoms. The van der Waals surface area contributed by atoms with E-state index in [-0.39, 0.29) is 0 Å². The van der Waals surface area contributed by atoms with Crippen molar-refractivity contribution in [3.63, 3.8) is 0 Å². The molecule has 5 aromatic rings. The minimum absolute atomic E-state index is 0.348. The van der Waals surface area contributed by atoms with Gasteiger partial charge in [0.1, 0.15) is 0 Å². The van der Waals surface area contributed by atoms with Crippen LogP contribution >= 0.6 is 0 Å². The smallest absolute Gasteiger partial charge is 0.0284 e. The van der Waals surface area contributed by atoms with E-state index in [2.05, 4.69) is 91.0 Å². The van der Waals surface area contributed by atoms with Gasteiger partial charge in [-0.1, -0.05) is 91.0 Å². The molecule has 1 aliphatic carbocycles. The lowest BCUT2D eigenvalue weighted by atomic mass is 9.85. The highest BCUT2D eigenvalue weighted by atomic mass is 14.2. The zero-order valence-corrected chi connectivity index (χ0v) is 13.7. The van der Waals surface area contributed by atoms with Gasteiger partial charge in [0.2, 0.25) is 0 Å². The van der Waals surface area contributed by atoms with Crippen LogP contribution in [0.3, 0.4) is 0 Å². The summed E-state index contributed by atoms with van der Waals surface area (Å²) in [5, 5.41) is 8.18. The molecule has 0 bridgehead atoms. The van der Waals surface area contributed by atoms with Crippen LogP contribution in [0.1, 0.15) is 22.6 Å². The Hall–Kier alpha value is -3.12. The van der Waals surface area contributed by atoms with Crippen LogP contribution < -0.4 is 0 Å². The summed E-state index contributed by atoms with van der Waals surface area (Å²) in [6.45, 7) is 0. The fraction of sp³-hybridized carbons (Fsp3) is 0.0400. The van der Waals surface area contributed by atoms with Crippen molar-refractivity contribution in [1.29, 1.82) is 0 Å². The van der Waals surface area contributed by atoms with Gasteiger partial charge < -0.3 is 0 Å². The molecule has 1 unspecified atom stereocenters. The molecule has 5 aromatic carbocycles. The maximum Gasteiger partial charge on any atom is 0.0284 e. The van der Waals surface area contributed by atoms with Gasteiger partial charge in [0.05, 0.1) is 0 Å². The minimum atomic E-state index is 0.348. The number of hydrogen-bond donors (Lipinski definition) is 0. The van der Waals surface area contributed by atoms with E-state index in [1.165, 1.54) is 49.0 Å². The van der Waals surface area contributed by atoms with E-state index in [0.717, 1.165) is 0 Å². The third kappa shape index (κ3) is 1.71. The second-order valence-electron chi connectivity index (χ2n) is 6.98. The van der Waals surface area contributed by atoms with E-state index in [0.29, 0.717) is 5.92 Å². The molecule has 116 valence electrons. The highest BCUT2D eigenvalue weighted by molar-refractivity contribution is 6.23. The lowest BCUT2D eigenvalue weighted by Gasteiger charge is -2.18. The fourth-order valence-corrected chi connectivity index (χ4v) is 4.55. The number of rotatable bonds is 1. The van der Waals surface area contributed by atoms with Gasteiger partial charge in [-0.3, -0.25) is 0 Å². The second kappa shape index (κ2) is 4.70. The van der Waals surface area contributed by atoms with Crippen molar-refractivity contribution >= 4 is 38.4 Å². The Morgan fingerprint density at radius 2 is 1.24 bits per heavy atom. The van der Waals surface area contributed by atoms with E-state index in [1.54, 1.807) is 0 Å². The predicted octanol–water partition coefficient (Wildman–Crippen LogP) is 6.74. The molecule has 0 N–H and O–H groups in total. The predicted molar refractivity (Wildman–Crippen MR) is 107 cm³/mol. The first kappa shape index (κ1) is 13.2. The maximum atomic E-state index is 2.34. The molecule has 0 fully saturated rings. The van der Waals surface area contributed by atoms with E-state index >= 15 is 0 Å². The first-order valence-electron chi connectivity index (χ1n) is 8.84. The summed E-state index contributed by atoms with van der Waals surface area (Å²) in [4.78, 5) is 0. The molecule has 0 amide bonds. The number of fused-ring (bicyclic) bond motifs is 1. The Kier molecular flexibility index (Phi) is 2.48. The van der Waals surface area contributed by atoms with Crippen molar-refractivity contribution in [2.45, 2.75) is 5.92 Å². The Morgan fingerprint density at radius 3 is 2.12 bits per heavy atom. The van der Waals surface area contributed by atoms with Crippen molar-refractivity contribution in [3.8, 4) is 0 Å². The Bertz CT molecular complexity index is 1270. The molecule has 0 saturated carbocycles. The Balaban J connectivity index is 1.74. The van der Waals surface area contributed by atoms with E-state index in [9.17, 15) is 0 Å². The molecule has 0 heterocycles. The van der Waals surface area contributed by atoms with Crippen LogP contribution in [0.5, 0.6) is 0 Å². The maximum absolute atomic E-state index is 2.34. The lowest BCUT2D eigenvalue weighted by molar-refractivity contribution is 1.07. The monoisotopic (exact) mass is 316 g/mol. The van der Waals surface area contributed by atoms with Crippen LogP contribution in [0, 0.1) is 0 Å². The number of hydrogen-bond acceptors (Lipinski definition) is 0. The molecule has 6 rings (SSSR count). The van der Waals surface area contributed by atoms with Crippen LogP contribution in [-0.2, 0) is 0 Å². The average molecular weight is 316 g/mol. The van der Waals surface area contributed by atoms with Crippen LogP contribution in [0.15, 0.2) is 84.9 Å². The molecule has 0 radical (unpaired) electrons. The summed E-state index contributed by atoms with van der Waals surface area (Å²) < 4.78 is 0. The largest absolute Gasteiger partial charge is 0.0720 e. The van der Waals surface area contributed by atoms with Gasteiger partial charge in [0.25, 0.3) is 0 Å². The zero-order chi connectivity index (χ0) is 16.4. The van der Waals surface area contributed by atoms with Gasteiger partial charge >= 0.3 is 0 Å². The van der Waals surface area contributed by atoms with Crippen LogP contribution in [-0.4, -0.2) is 0 Å². The lowest BCUT2D eigenvalue weighted by Crippen LogP contribution is -1.98. The molecule has 0 aromatic heterocycles. The average Bonchev–Trinajstić information content (AvgIpc) is 3.10. The summed E-state index contributed by atoms with van der Waals surface area (Å²) in [7, 11) is 0. The standard InChI is InChI=1S/C25H16/c1-2-7-20-16(4-1)10-13-21(20)22-14-11-19-9-8-17-5-3-6-18-12-15-23(22)25(19)24(17)18/h1-15,21H. The molecule has 0 saturated heterocycles. The minimum Gasteiger partial charge on any atom is -0.0720 e. The summed E-state index contributed by atoms with van der Waals surface area (Å²) in [6.07, 6.45) is 4.61. The van der Waals surface area contributed by atoms with Gasteiger partial charge in [0, 0.05) is 5.92 Å². The molecular formula is C25H16. The molecule has 1 atom stereocenters. The molecule has 1 aliphatic rings. The van der Waals surface area contributed by atoms with Gasteiger partial charge in [-0.05, 0) is 49.0 Å². The van der Waals surface area contributed by atoms with Crippen LogP contribution in [0.25, 0.3) is 38.4 Å². The quantitative estimate of drug-likeness (QED) is 0.300. The number of benzene rings is 5. The van der Waals surface area contributed by atoms with Gasteiger partial charge in [-0.25, -0.2) is 0 Å². The van der Waals surface area contributed by atoms with Crippen molar-refractivity contribution in [1.82, 2.24) is 0 Å². The Morgan fingerprint density at radius 1 is 0.520 bits per heavy atom. The van der Waals surface area contributed by atoms with E-state index in [4.69, 9.17) is 0 Å². The summed E-state index contributed by atoms with van der Waals surface area (Å²) in [5.41, 5.74) is 4.17. The second-order valence-corrected chi connectivity index (χ2v) is 6.98. The molecule has 25 heavy (non-hydrogen) atoms. The van der Waals surface area contributed by atoms with Crippen molar-refractivity contribution in [2.75, 3.05) is 0 Å². The topological polar surface area (TPSA) is 0 Å². The van der Waals surface area contributed by atoms with Gasteiger partial charge in [-0.2, -0.15) is 0 Å². The van der Waals surface area contributed by atoms with Gasteiger partial charge in [0.15, 0.2) is 0 Å². The Labute approximate surface area is 146 Å². The first-order chi connectivity index (χ1) is 12.4. The fourth-order valence-electron chi connectivity index (χ4n) is 4.55. The van der Waals surface area contributed by atoms with Crippen molar-refractivity contribution in [2.24, 2.45) is 0 Å². The summed E-state index contributed by atoms with van der Waals surface area (Å²) in [6, 6.07) is 29.0. The highest BCUT2D eigenvalue weighted by Gasteiger charge is 2.21. The SMILES string of the molecule is C1=CC(c2ccc3ccc4cccc5ccc2c3c45)c2ccccc21. The third-order valence-corrected chi connectivity index (χ3v) is 5.70. The third-order valence-electron chi connectivity index (χ3n) is 5.70. The number of allylic oxidation sites excluding steroid dienone is 1. The van der Waals surface area contributed by atoms with E-state index in [1.807, 2.05) is 0 Å². The highest BCUT2D eigenvalue weighted by Crippen LogP contribution is 2.42. The first-order valence-corrected chi connectivity index (χ1v) is 8.84. The van der Waals surface area contributed by atoms with Crippen LogP contribution in [0.4, 0.5) is 0 Å². The van der Waals surface area contributed by atoms with E-state index < -0.39 is 0 Å². The molecular weight excluding hydrogens is 300 g/mol. The summed E-state index contributed by atoms with van der Waals surface area (Å²) >= 11 is 0. The summed E-state index contributed by atoms with van der Waals surface area (Å²) in [5.74, 6) is 0.348. The normalized spacial score (nSPS) is 16.2. The zero-order valence-electron chi connectivity index (χ0n) is 13.7. The van der Waals surface area contributed by atoms with Crippen molar-refractivity contribution < 1.29 is 0 Å². The molecule has 0 nitrogen and oxygen atoms in total. The van der Waals surface area contributed by atoms with Crippen molar-refractivity contribution in [3.05, 3.63) is 102 Å². The van der Waals surface area contributed by atoms with Gasteiger partial charge in [-0.15, -0.1) is 0 Å².